The lowest BCUT2D eigenvalue weighted by Gasteiger charge is -2.13. The number of carboxylic acids is 1. The number of benzene rings is 1. The van der Waals surface area contributed by atoms with Crippen molar-refractivity contribution in [1.29, 1.82) is 0 Å². The van der Waals surface area contributed by atoms with E-state index in [9.17, 15) is 15.0 Å². The summed E-state index contributed by atoms with van der Waals surface area (Å²) in [5.41, 5.74) is 0.839. The highest BCUT2D eigenvalue weighted by Crippen LogP contribution is 2.22. The molecule has 1 rings (SSSR count). The van der Waals surface area contributed by atoms with Gasteiger partial charge in [-0.05, 0) is 31.2 Å². The predicted octanol–water partition coefficient (Wildman–Crippen LogP) is 2.80. The van der Waals surface area contributed by atoms with E-state index >= 15 is 0 Å². The van der Waals surface area contributed by atoms with Crippen LogP contribution in [-0.2, 0) is 4.79 Å². The van der Waals surface area contributed by atoms with E-state index in [1.807, 2.05) is 37.3 Å². The van der Waals surface area contributed by atoms with Crippen LogP contribution >= 0.6 is 0 Å². The molecule has 3 nitrogen and oxygen atoms in total. The number of aliphatic hydroxyl groups is 1. The van der Waals surface area contributed by atoms with Crippen molar-refractivity contribution in [1.82, 2.24) is 0 Å². The number of rotatable bonds is 7. The molecule has 2 N–H and O–H groups in total. The third-order valence-corrected chi connectivity index (χ3v) is 3.00. The topological polar surface area (TPSA) is 57.5 Å². The highest BCUT2D eigenvalue weighted by atomic mass is 16.4. The van der Waals surface area contributed by atoms with Crippen LogP contribution in [0, 0.1) is 0 Å². The van der Waals surface area contributed by atoms with Gasteiger partial charge in [0.25, 0.3) is 0 Å². The van der Waals surface area contributed by atoms with Crippen molar-refractivity contribution in [3.63, 3.8) is 0 Å². The summed E-state index contributed by atoms with van der Waals surface area (Å²) in [6.07, 6.45) is 2.41. The van der Waals surface area contributed by atoms with Crippen molar-refractivity contribution in [2.24, 2.45) is 0 Å². The van der Waals surface area contributed by atoms with E-state index < -0.39 is 11.9 Å². The smallest absolute Gasteiger partial charge is 0.310 e. The van der Waals surface area contributed by atoms with Gasteiger partial charge in [-0.15, -0.1) is 0 Å². The zero-order valence-corrected chi connectivity index (χ0v) is 10.2. The Morgan fingerprint density at radius 1 is 1.24 bits per heavy atom. The Kier molecular flexibility index (Phi) is 5.70. The lowest BCUT2D eigenvalue weighted by Crippen LogP contribution is -2.13. The summed E-state index contributed by atoms with van der Waals surface area (Å²) in [5.74, 6) is -1.25. The van der Waals surface area contributed by atoms with Gasteiger partial charge in [0, 0.05) is 0 Å². The van der Waals surface area contributed by atoms with Gasteiger partial charge in [0.05, 0.1) is 12.0 Å². The molecule has 0 heterocycles. The molecular weight excluding hydrogens is 216 g/mol. The minimum absolute atomic E-state index is 0.305. The van der Waals surface area contributed by atoms with Crippen LogP contribution in [0.2, 0.25) is 0 Å². The van der Waals surface area contributed by atoms with Crippen molar-refractivity contribution >= 4 is 5.97 Å². The molecule has 0 bridgehead atoms. The summed E-state index contributed by atoms with van der Waals surface area (Å²) >= 11 is 0. The highest BCUT2D eigenvalue weighted by Gasteiger charge is 2.19. The van der Waals surface area contributed by atoms with E-state index in [1.54, 1.807) is 0 Å². The Balaban J connectivity index is 2.54. The number of hydrogen-bond donors (Lipinski definition) is 2. The molecule has 2 atom stereocenters. The first-order valence-electron chi connectivity index (χ1n) is 6.11. The summed E-state index contributed by atoms with van der Waals surface area (Å²) < 4.78 is 0. The largest absolute Gasteiger partial charge is 0.481 e. The number of carbonyl (C=O) groups is 1. The molecule has 0 fully saturated rings. The van der Waals surface area contributed by atoms with Gasteiger partial charge in [0.2, 0.25) is 0 Å². The van der Waals surface area contributed by atoms with E-state index in [0.29, 0.717) is 12.8 Å². The summed E-state index contributed by atoms with van der Waals surface area (Å²) in [5, 5.41) is 18.6. The van der Waals surface area contributed by atoms with Crippen LogP contribution in [0.15, 0.2) is 30.3 Å². The fourth-order valence-electron chi connectivity index (χ4n) is 1.88. The first-order chi connectivity index (χ1) is 8.15. The Hall–Kier alpha value is -1.35. The van der Waals surface area contributed by atoms with Crippen LogP contribution in [0.3, 0.4) is 0 Å². The third kappa shape index (κ3) is 4.57. The second-order valence-electron chi connectivity index (χ2n) is 4.29. The molecule has 0 aliphatic rings. The van der Waals surface area contributed by atoms with Crippen LogP contribution in [0.5, 0.6) is 0 Å². The Morgan fingerprint density at radius 2 is 1.88 bits per heavy atom. The average molecular weight is 236 g/mol. The first kappa shape index (κ1) is 13.7. The predicted molar refractivity (Wildman–Crippen MR) is 67.0 cm³/mol. The van der Waals surface area contributed by atoms with Gasteiger partial charge in [-0.2, -0.15) is 0 Å². The molecule has 0 saturated heterocycles. The summed E-state index contributed by atoms with van der Waals surface area (Å²) in [6, 6.07) is 9.27. The van der Waals surface area contributed by atoms with Crippen molar-refractivity contribution < 1.29 is 15.0 Å². The Bertz CT molecular complexity index is 335. The number of aliphatic carboxylic acids is 1. The zero-order valence-electron chi connectivity index (χ0n) is 10.2. The molecule has 17 heavy (non-hydrogen) atoms. The van der Waals surface area contributed by atoms with Gasteiger partial charge in [0.1, 0.15) is 0 Å². The van der Waals surface area contributed by atoms with Crippen molar-refractivity contribution in [3.8, 4) is 0 Å². The SMILES string of the molecule is CCC(O)CCCC(C(=O)O)c1ccccc1. The third-order valence-electron chi connectivity index (χ3n) is 3.00. The van der Waals surface area contributed by atoms with Gasteiger partial charge in [-0.1, -0.05) is 37.3 Å². The summed E-state index contributed by atoms with van der Waals surface area (Å²) in [4.78, 5) is 11.2. The molecule has 0 spiro atoms. The molecule has 0 amide bonds. The highest BCUT2D eigenvalue weighted by molar-refractivity contribution is 5.75. The Morgan fingerprint density at radius 3 is 2.41 bits per heavy atom. The quantitative estimate of drug-likeness (QED) is 0.765. The van der Waals surface area contributed by atoms with Gasteiger partial charge in [0.15, 0.2) is 0 Å². The minimum Gasteiger partial charge on any atom is -0.481 e. The number of carboxylic acid groups (broad SMARTS) is 1. The Labute approximate surface area is 102 Å². The summed E-state index contributed by atoms with van der Waals surface area (Å²) in [7, 11) is 0. The molecule has 1 aromatic rings. The van der Waals surface area contributed by atoms with E-state index in [0.717, 1.165) is 18.4 Å². The maximum atomic E-state index is 11.2. The van der Waals surface area contributed by atoms with Gasteiger partial charge < -0.3 is 10.2 Å². The molecule has 3 heteroatoms. The van der Waals surface area contributed by atoms with Gasteiger partial charge in [-0.3, -0.25) is 4.79 Å². The normalized spacial score (nSPS) is 14.2. The van der Waals surface area contributed by atoms with Gasteiger partial charge in [-0.25, -0.2) is 0 Å². The monoisotopic (exact) mass is 236 g/mol. The zero-order chi connectivity index (χ0) is 12.7. The van der Waals surface area contributed by atoms with Crippen LogP contribution < -0.4 is 0 Å². The molecular formula is C14H20O3. The molecule has 94 valence electrons. The van der Waals surface area contributed by atoms with E-state index in [1.165, 1.54) is 0 Å². The molecule has 0 aliphatic carbocycles. The standard InChI is InChI=1S/C14H20O3/c1-2-12(15)9-6-10-13(14(16)17)11-7-4-3-5-8-11/h3-5,7-8,12-13,15H,2,6,9-10H2,1H3,(H,16,17). The lowest BCUT2D eigenvalue weighted by atomic mass is 9.93. The van der Waals surface area contributed by atoms with Crippen LogP contribution in [0.25, 0.3) is 0 Å². The fourth-order valence-corrected chi connectivity index (χ4v) is 1.88. The molecule has 1 aromatic carbocycles. The second-order valence-corrected chi connectivity index (χ2v) is 4.29. The van der Waals surface area contributed by atoms with E-state index in [2.05, 4.69) is 0 Å². The maximum Gasteiger partial charge on any atom is 0.310 e. The molecule has 0 saturated carbocycles. The van der Waals surface area contributed by atoms with Crippen molar-refractivity contribution in [3.05, 3.63) is 35.9 Å². The fraction of sp³-hybridized carbons (Fsp3) is 0.500. The maximum absolute atomic E-state index is 11.2. The molecule has 0 radical (unpaired) electrons. The van der Waals surface area contributed by atoms with E-state index in [-0.39, 0.29) is 6.10 Å². The second kappa shape index (κ2) is 7.07. The average Bonchev–Trinajstić information content (AvgIpc) is 2.34. The van der Waals surface area contributed by atoms with Crippen LogP contribution in [0.1, 0.15) is 44.1 Å². The van der Waals surface area contributed by atoms with E-state index in [4.69, 9.17) is 0 Å². The lowest BCUT2D eigenvalue weighted by molar-refractivity contribution is -0.139. The first-order valence-corrected chi connectivity index (χ1v) is 6.11. The number of aliphatic hydroxyl groups excluding tert-OH is 1. The van der Waals surface area contributed by atoms with Crippen molar-refractivity contribution in [2.45, 2.75) is 44.6 Å². The molecule has 0 aliphatic heterocycles. The molecule has 2 unspecified atom stereocenters. The number of hydrogen-bond acceptors (Lipinski definition) is 2. The van der Waals surface area contributed by atoms with Crippen molar-refractivity contribution in [2.75, 3.05) is 0 Å². The van der Waals surface area contributed by atoms with Gasteiger partial charge >= 0.3 is 5.97 Å². The summed E-state index contributed by atoms with van der Waals surface area (Å²) in [6.45, 7) is 1.93. The molecule has 0 aromatic heterocycles. The van der Waals surface area contributed by atoms with Crippen LogP contribution in [0.4, 0.5) is 0 Å². The minimum atomic E-state index is -0.790. The van der Waals surface area contributed by atoms with Crippen LogP contribution in [-0.4, -0.2) is 22.3 Å².